The predicted octanol–water partition coefficient (Wildman–Crippen LogP) is 1.32. The van der Waals surface area contributed by atoms with E-state index in [4.69, 9.17) is 0 Å². The Kier molecular flexibility index (Phi) is 2.24. The molecule has 0 saturated carbocycles. The third kappa shape index (κ3) is 1.94. The van der Waals surface area contributed by atoms with E-state index in [1.54, 1.807) is 7.05 Å². The molecule has 0 atom stereocenters. The Hall–Kier alpha value is -1.19. The summed E-state index contributed by atoms with van der Waals surface area (Å²) in [7, 11) is 1.74. The van der Waals surface area contributed by atoms with Gasteiger partial charge in [-0.2, -0.15) is 5.10 Å². The molecule has 0 aliphatic heterocycles. The highest BCUT2D eigenvalue weighted by atomic mass is 16.1. The summed E-state index contributed by atoms with van der Waals surface area (Å²) in [5.74, 6) is 1.08. The van der Waals surface area contributed by atoms with Crippen LogP contribution in [0, 0.1) is 0 Å². The number of rotatable bonds is 1. The third-order valence-corrected chi connectivity index (χ3v) is 1.75. The first-order valence-electron chi connectivity index (χ1n) is 4.25. The molecule has 1 heterocycles. The quantitative estimate of drug-likeness (QED) is 0.614. The Morgan fingerprint density at radius 2 is 1.92 bits per heavy atom. The average Bonchev–Trinajstić information content (AvgIpc) is 2.29. The minimum absolute atomic E-state index is 0.0505. The second-order valence-corrected chi connectivity index (χ2v) is 4.19. The number of ketones is 1. The minimum atomic E-state index is -0.106. The van der Waals surface area contributed by atoms with Gasteiger partial charge in [0, 0.05) is 19.4 Å². The molecule has 4 heteroatoms. The Labute approximate surface area is 78.0 Å². The highest BCUT2D eigenvalue weighted by Crippen LogP contribution is 2.18. The predicted molar refractivity (Wildman–Crippen MR) is 49.7 cm³/mol. The normalized spacial score (nSPS) is 11.8. The van der Waals surface area contributed by atoms with Gasteiger partial charge < -0.3 is 0 Å². The van der Waals surface area contributed by atoms with Crippen molar-refractivity contribution in [2.75, 3.05) is 0 Å². The highest BCUT2D eigenvalue weighted by molar-refractivity contribution is 5.90. The van der Waals surface area contributed by atoms with Gasteiger partial charge in [0.2, 0.25) is 0 Å². The molecule has 0 aromatic carbocycles. The van der Waals surface area contributed by atoms with Crippen molar-refractivity contribution < 1.29 is 4.79 Å². The van der Waals surface area contributed by atoms with Crippen molar-refractivity contribution >= 4 is 5.78 Å². The summed E-state index contributed by atoms with van der Waals surface area (Å²) in [5.41, 5.74) is -0.106. The van der Waals surface area contributed by atoms with Gasteiger partial charge in [-0.15, -0.1) is 0 Å². The van der Waals surface area contributed by atoms with Gasteiger partial charge in [-0.05, 0) is 0 Å². The smallest absolute Gasteiger partial charge is 0.196 e. The fourth-order valence-electron chi connectivity index (χ4n) is 1.01. The van der Waals surface area contributed by atoms with Crippen molar-refractivity contribution in [3.05, 3.63) is 11.6 Å². The number of aryl methyl sites for hydroxylation is 1. The van der Waals surface area contributed by atoms with E-state index in [1.807, 2.05) is 20.8 Å². The molecule has 0 fully saturated rings. The summed E-state index contributed by atoms with van der Waals surface area (Å²) in [6, 6.07) is 0. The molecule has 0 radical (unpaired) electrons. The summed E-state index contributed by atoms with van der Waals surface area (Å²) >= 11 is 0. The van der Waals surface area contributed by atoms with Crippen LogP contribution in [0.1, 0.15) is 44.1 Å². The third-order valence-electron chi connectivity index (χ3n) is 1.75. The van der Waals surface area contributed by atoms with Crippen molar-refractivity contribution in [1.82, 2.24) is 14.8 Å². The lowest BCUT2D eigenvalue weighted by Gasteiger charge is -2.11. The molecule has 0 unspecified atom stereocenters. The molecule has 13 heavy (non-hydrogen) atoms. The summed E-state index contributed by atoms with van der Waals surface area (Å²) in [4.78, 5) is 15.3. The maximum absolute atomic E-state index is 11.1. The zero-order valence-corrected chi connectivity index (χ0v) is 8.75. The summed E-state index contributed by atoms with van der Waals surface area (Å²) in [6.07, 6.45) is 0. The van der Waals surface area contributed by atoms with Gasteiger partial charge in [0.25, 0.3) is 0 Å². The van der Waals surface area contributed by atoms with E-state index in [9.17, 15) is 4.79 Å². The van der Waals surface area contributed by atoms with E-state index < -0.39 is 0 Å². The van der Waals surface area contributed by atoms with Crippen LogP contribution < -0.4 is 0 Å². The molecule has 0 N–H and O–H groups in total. The van der Waals surface area contributed by atoms with Gasteiger partial charge >= 0.3 is 0 Å². The zero-order chi connectivity index (χ0) is 10.2. The van der Waals surface area contributed by atoms with Crippen LogP contribution in [0.4, 0.5) is 0 Å². The average molecular weight is 181 g/mol. The molecule has 0 amide bonds. The van der Waals surface area contributed by atoms with Crippen molar-refractivity contribution in [3.63, 3.8) is 0 Å². The van der Waals surface area contributed by atoms with E-state index in [2.05, 4.69) is 10.1 Å². The van der Waals surface area contributed by atoms with Gasteiger partial charge in [0.1, 0.15) is 0 Å². The van der Waals surface area contributed by atoms with Crippen LogP contribution in [0.3, 0.4) is 0 Å². The second kappa shape index (κ2) is 2.94. The lowest BCUT2D eigenvalue weighted by atomic mass is 9.96. The van der Waals surface area contributed by atoms with Crippen LogP contribution in [-0.4, -0.2) is 20.5 Å². The van der Waals surface area contributed by atoms with Crippen LogP contribution in [0.5, 0.6) is 0 Å². The Bertz CT molecular complexity index is 333. The zero-order valence-electron chi connectivity index (χ0n) is 8.75. The number of carbonyl (C=O) groups excluding carboxylic acids is 1. The summed E-state index contributed by atoms with van der Waals surface area (Å²) < 4.78 is 1.53. The van der Waals surface area contributed by atoms with Crippen LogP contribution >= 0.6 is 0 Å². The second-order valence-electron chi connectivity index (χ2n) is 4.19. The molecule has 72 valence electrons. The molecule has 0 aliphatic rings. The number of nitrogens with zero attached hydrogens (tertiary/aromatic N) is 3. The van der Waals surface area contributed by atoms with Crippen LogP contribution in [0.25, 0.3) is 0 Å². The Balaban J connectivity index is 3.17. The topological polar surface area (TPSA) is 47.8 Å². The first-order valence-corrected chi connectivity index (χ1v) is 4.25. The molecule has 4 nitrogen and oxygen atoms in total. The minimum Gasteiger partial charge on any atom is -0.291 e. The van der Waals surface area contributed by atoms with Crippen LogP contribution in [-0.2, 0) is 12.5 Å². The lowest BCUT2D eigenvalue weighted by molar-refractivity contribution is 0.0999. The maximum atomic E-state index is 11.1. The van der Waals surface area contributed by atoms with E-state index in [0.717, 1.165) is 0 Å². The van der Waals surface area contributed by atoms with Gasteiger partial charge in [0.05, 0.1) is 0 Å². The first-order chi connectivity index (χ1) is 5.82. The fourth-order valence-corrected chi connectivity index (χ4v) is 1.01. The van der Waals surface area contributed by atoms with Gasteiger partial charge in [0.15, 0.2) is 17.4 Å². The fraction of sp³-hybridized carbons (Fsp3) is 0.667. The van der Waals surface area contributed by atoms with Crippen molar-refractivity contribution in [1.29, 1.82) is 0 Å². The van der Waals surface area contributed by atoms with Gasteiger partial charge in [-0.25, -0.2) is 9.67 Å². The molecule has 0 saturated heterocycles. The van der Waals surface area contributed by atoms with E-state index in [0.29, 0.717) is 11.6 Å². The lowest BCUT2D eigenvalue weighted by Crippen LogP contribution is -2.13. The van der Waals surface area contributed by atoms with Gasteiger partial charge in [-0.3, -0.25) is 4.79 Å². The van der Waals surface area contributed by atoms with E-state index >= 15 is 0 Å². The largest absolute Gasteiger partial charge is 0.291 e. The Morgan fingerprint density at radius 3 is 2.15 bits per heavy atom. The number of hydrogen-bond acceptors (Lipinski definition) is 3. The van der Waals surface area contributed by atoms with Crippen molar-refractivity contribution in [2.24, 2.45) is 7.05 Å². The SMILES string of the molecule is CC(=O)c1nc(C(C)(C)C)nn1C. The summed E-state index contributed by atoms with van der Waals surface area (Å²) in [6.45, 7) is 7.56. The molecule has 0 spiro atoms. The molecular formula is C9H15N3O. The maximum Gasteiger partial charge on any atom is 0.196 e. The first kappa shape index (κ1) is 9.89. The number of Topliss-reactive ketones (excluding diaryl/α,β-unsaturated/α-hetero) is 1. The molecule has 1 aromatic rings. The molecule has 1 aromatic heterocycles. The van der Waals surface area contributed by atoms with Gasteiger partial charge in [-0.1, -0.05) is 20.8 Å². The molecule has 1 rings (SSSR count). The van der Waals surface area contributed by atoms with Crippen LogP contribution in [0.2, 0.25) is 0 Å². The standard InChI is InChI=1S/C9H15N3O/c1-6(13)7-10-8(9(2,3)4)11-12(7)5/h1-5H3. The Morgan fingerprint density at radius 1 is 1.38 bits per heavy atom. The number of hydrogen-bond donors (Lipinski definition) is 0. The monoisotopic (exact) mass is 181 g/mol. The van der Waals surface area contributed by atoms with E-state index in [1.165, 1.54) is 11.6 Å². The molecular weight excluding hydrogens is 166 g/mol. The number of carbonyl (C=O) groups is 1. The highest BCUT2D eigenvalue weighted by Gasteiger charge is 2.21. The van der Waals surface area contributed by atoms with Crippen molar-refractivity contribution in [2.45, 2.75) is 33.1 Å². The summed E-state index contributed by atoms with van der Waals surface area (Å²) in [5, 5.41) is 4.19. The van der Waals surface area contributed by atoms with Crippen LogP contribution in [0.15, 0.2) is 0 Å². The number of aromatic nitrogens is 3. The molecule has 0 bridgehead atoms. The molecule has 0 aliphatic carbocycles. The van der Waals surface area contributed by atoms with Crippen molar-refractivity contribution in [3.8, 4) is 0 Å². The van der Waals surface area contributed by atoms with E-state index in [-0.39, 0.29) is 11.2 Å².